The summed E-state index contributed by atoms with van der Waals surface area (Å²) in [7, 11) is 0. The molecule has 2 aromatic rings. The van der Waals surface area contributed by atoms with Crippen molar-refractivity contribution in [2.24, 2.45) is 11.7 Å². The van der Waals surface area contributed by atoms with Gasteiger partial charge in [0, 0.05) is 12.1 Å². The summed E-state index contributed by atoms with van der Waals surface area (Å²) in [5.74, 6) is 1.64. The minimum atomic E-state index is -0.371. The summed E-state index contributed by atoms with van der Waals surface area (Å²) in [4.78, 5) is 15.6. The Morgan fingerprint density at radius 2 is 2.05 bits per heavy atom. The predicted molar refractivity (Wildman–Crippen MR) is 71.1 cm³/mol. The molecule has 1 aromatic carbocycles. The van der Waals surface area contributed by atoms with Crippen LogP contribution in [0.2, 0.25) is 0 Å². The van der Waals surface area contributed by atoms with Crippen LogP contribution in [0.15, 0.2) is 30.3 Å². The minimum absolute atomic E-state index is 0.145. The zero-order valence-electron chi connectivity index (χ0n) is 10.6. The van der Waals surface area contributed by atoms with Gasteiger partial charge in [-0.1, -0.05) is 30.3 Å². The van der Waals surface area contributed by atoms with Crippen molar-refractivity contribution in [3.8, 4) is 11.4 Å². The van der Waals surface area contributed by atoms with Gasteiger partial charge in [-0.05, 0) is 18.8 Å². The Labute approximate surface area is 111 Å². The topological polar surface area (TPSA) is 73.8 Å². The molecule has 2 N–H and O–H groups in total. The molecule has 1 saturated carbocycles. The first-order chi connectivity index (χ1) is 9.22. The third-order valence-electron chi connectivity index (χ3n) is 3.24. The van der Waals surface area contributed by atoms with E-state index in [1.165, 1.54) is 12.8 Å². The van der Waals surface area contributed by atoms with Crippen LogP contribution in [-0.2, 0) is 17.8 Å². The highest BCUT2D eigenvalue weighted by molar-refractivity contribution is 5.75. The molecule has 0 unspecified atom stereocenters. The molecule has 0 saturated heterocycles. The number of nitrogens with two attached hydrogens (primary N) is 1. The van der Waals surface area contributed by atoms with Gasteiger partial charge in [0.1, 0.15) is 5.82 Å². The first-order valence-corrected chi connectivity index (χ1v) is 6.50. The molecular weight excluding hydrogens is 240 g/mol. The molecule has 0 atom stereocenters. The number of benzene rings is 1. The standard InChI is InChI=1S/C14H16N4O/c15-12(19)8-13-16-14(11-4-2-1-3-5-11)17-18(13)9-10-6-7-10/h1-5,10H,6-9H2,(H2,15,19). The number of hydrogen-bond acceptors (Lipinski definition) is 3. The van der Waals surface area contributed by atoms with Crippen LogP contribution in [0.3, 0.4) is 0 Å². The summed E-state index contributed by atoms with van der Waals surface area (Å²) >= 11 is 0. The molecule has 5 nitrogen and oxygen atoms in total. The van der Waals surface area contributed by atoms with E-state index < -0.39 is 0 Å². The van der Waals surface area contributed by atoms with E-state index in [4.69, 9.17) is 5.73 Å². The quantitative estimate of drug-likeness (QED) is 0.878. The van der Waals surface area contributed by atoms with E-state index in [-0.39, 0.29) is 12.3 Å². The van der Waals surface area contributed by atoms with Gasteiger partial charge in [0.25, 0.3) is 0 Å². The lowest BCUT2D eigenvalue weighted by Crippen LogP contribution is -2.18. The summed E-state index contributed by atoms with van der Waals surface area (Å²) in [5.41, 5.74) is 6.23. The Morgan fingerprint density at radius 3 is 2.68 bits per heavy atom. The monoisotopic (exact) mass is 256 g/mol. The van der Waals surface area contributed by atoms with E-state index in [1.54, 1.807) is 0 Å². The average molecular weight is 256 g/mol. The highest BCUT2D eigenvalue weighted by Gasteiger charge is 2.24. The van der Waals surface area contributed by atoms with Crippen molar-refractivity contribution in [1.82, 2.24) is 14.8 Å². The third-order valence-corrected chi connectivity index (χ3v) is 3.24. The SMILES string of the molecule is NC(=O)Cc1nc(-c2ccccc2)nn1CC1CC1. The van der Waals surface area contributed by atoms with Crippen LogP contribution in [0.4, 0.5) is 0 Å². The van der Waals surface area contributed by atoms with Gasteiger partial charge in [-0.25, -0.2) is 9.67 Å². The lowest BCUT2D eigenvalue weighted by molar-refractivity contribution is -0.117. The van der Waals surface area contributed by atoms with Crippen LogP contribution < -0.4 is 5.73 Å². The second kappa shape index (κ2) is 4.84. The largest absolute Gasteiger partial charge is 0.369 e. The second-order valence-electron chi connectivity index (χ2n) is 4.99. The number of aromatic nitrogens is 3. The molecule has 1 aliphatic carbocycles. The predicted octanol–water partition coefficient (Wildman–Crippen LogP) is 1.38. The maximum Gasteiger partial charge on any atom is 0.225 e. The first-order valence-electron chi connectivity index (χ1n) is 6.50. The van der Waals surface area contributed by atoms with Crippen molar-refractivity contribution in [2.45, 2.75) is 25.8 Å². The summed E-state index contributed by atoms with van der Waals surface area (Å²) in [6.45, 7) is 0.836. The van der Waals surface area contributed by atoms with Crippen LogP contribution in [0, 0.1) is 5.92 Å². The van der Waals surface area contributed by atoms with Crippen molar-refractivity contribution >= 4 is 5.91 Å². The molecule has 98 valence electrons. The lowest BCUT2D eigenvalue weighted by Gasteiger charge is -2.02. The van der Waals surface area contributed by atoms with Gasteiger partial charge in [0.05, 0.1) is 6.42 Å². The molecule has 1 aromatic heterocycles. The Kier molecular flexibility index (Phi) is 3.03. The van der Waals surface area contributed by atoms with Crippen molar-refractivity contribution in [1.29, 1.82) is 0 Å². The first kappa shape index (κ1) is 11.9. The van der Waals surface area contributed by atoms with Crippen molar-refractivity contribution in [2.75, 3.05) is 0 Å². The zero-order valence-corrected chi connectivity index (χ0v) is 10.6. The summed E-state index contributed by atoms with van der Waals surface area (Å²) in [6, 6.07) is 9.78. The second-order valence-corrected chi connectivity index (χ2v) is 4.99. The van der Waals surface area contributed by atoms with Crippen molar-refractivity contribution < 1.29 is 4.79 Å². The van der Waals surface area contributed by atoms with E-state index >= 15 is 0 Å². The van der Waals surface area contributed by atoms with Gasteiger partial charge < -0.3 is 5.73 Å². The highest BCUT2D eigenvalue weighted by Crippen LogP contribution is 2.31. The fraction of sp³-hybridized carbons (Fsp3) is 0.357. The smallest absolute Gasteiger partial charge is 0.225 e. The summed E-state index contributed by atoms with van der Waals surface area (Å²) in [6.07, 6.45) is 2.61. The Balaban J connectivity index is 1.92. The molecule has 0 radical (unpaired) electrons. The fourth-order valence-corrected chi connectivity index (χ4v) is 2.06. The van der Waals surface area contributed by atoms with Crippen LogP contribution >= 0.6 is 0 Å². The van der Waals surface area contributed by atoms with Crippen LogP contribution in [0.1, 0.15) is 18.7 Å². The molecule has 19 heavy (non-hydrogen) atoms. The molecule has 0 aliphatic heterocycles. The molecule has 0 spiro atoms. The van der Waals surface area contributed by atoms with Gasteiger partial charge in [-0.15, -0.1) is 0 Å². The highest BCUT2D eigenvalue weighted by atomic mass is 16.1. The number of amides is 1. The minimum Gasteiger partial charge on any atom is -0.369 e. The van der Waals surface area contributed by atoms with E-state index in [2.05, 4.69) is 10.1 Å². The number of hydrogen-bond donors (Lipinski definition) is 1. The van der Waals surface area contributed by atoms with Crippen LogP contribution in [0.25, 0.3) is 11.4 Å². The molecular formula is C14H16N4O. The lowest BCUT2D eigenvalue weighted by atomic mass is 10.2. The van der Waals surface area contributed by atoms with E-state index in [9.17, 15) is 4.79 Å². The molecule has 1 heterocycles. The Hall–Kier alpha value is -2.17. The number of rotatable bonds is 5. The molecule has 5 heteroatoms. The van der Waals surface area contributed by atoms with E-state index in [0.717, 1.165) is 12.1 Å². The van der Waals surface area contributed by atoms with Gasteiger partial charge in [0.2, 0.25) is 5.91 Å². The Morgan fingerprint density at radius 1 is 1.32 bits per heavy atom. The van der Waals surface area contributed by atoms with Crippen LogP contribution in [0.5, 0.6) is 0 Å². The molecule has 1 amide bonds. The zero-order chi connectivity index (χ0) is 13.2. The van der Waals surface area contributed by atoms with E-state index in [0.29, 0.717) is 17.6 Å². The number of nitrogens with zero attached hydrogens (tertiary/aromatic N) is 3. The van der Waals surface area contributed by atoms with Crippen LogP contribution in [-0.4, -0.2) is 20.7 Å². The van der Waals surface area contributed by atoms with Gasteiger partial charge in [0.15, 0.2) is 5.82 Å². The normalized spacial score (nSPS) is 14.5. The molecule has 0 bridgehead atoms. The molecule has 1 aliphatic rings. The summed E-state index contributed by atoms with van der Waals surface area (Å²) < 4.78 is 1.84. The van der Waals surface area contributed by atoms with Crippen molar-refractivity contribution in [3.63, 3.8) is 0 Å². The number of carbonyl (C=O) groups excluding carboxylic acids is 1. The van der Waals surface area contributed by atoms with Gasteiger partial charge in [-0.3, -0.25) is 4.79 Å². The number of primary amides is 1. The Bertz CT molecular complexity index is 587. The van der Waals surface area contributed by atoms with Gasteiger partial charge >= 0.3 is 0 Å². The summed E-state index contributed by atoms with van der Waals surface area (Å²) in [5, 5.41) is 4.51. The van der Waals surface area contributed by atoms with Crippen molar-refractivity contribution in [3.05, 3.63) is 36.2 Å². The molecule has 1 fully saturated rings. The van der Waals surface area contributed by atoms with E-state index in [1.807, 2.05) is 35.0 Å². The molecule has 3 rings (SSSR count). The van der Waals surface area contributed by atoms with Gasteiger partial charge in [-0.2, -0.15) is 5.10 Å². The maximum atomic E-state index is 11.1. The maximum absolute atomic E-state index is 11.1. The fourth-order valence-electron chi connectivity index (χ4n) is 2.06. The average Bonchev–Trinajstić information content (AvgIpc) is 3.12. The third kappa shape index (κ3) is 2.81. The number of carbonyl (C=O) groups is 1.